The Morgan fingerprint density at radius 3 is 2.67 bits per heavy atom. The van der Waals surface area contributed by atoms with Gasteiger partial charge in [-0.15, -0.1) is 0 Å². The van der Waals surface area contributed by atoms with Crippen molar-refractivity contribution in [2.45, 2.75) is 6.92 Å². The van der Waals surface area contributed by atoms with E-state index >= 15 is 0 Å². The molecule has 0 atom stereocenters. The highest BCUT2D eigenvalue weighted by molar-refractivity contribution is 9.10. The zero-order valence-corrected chi connectivity index (χ0v) is 13.9. The minimum Gasteiger partial charge on any atom is -0.495 e. The molecule has 0 aliphatic carbocycles. The molecule has 0 saturated heterocycles. The van der Waals surface area contributed by atoms with Crippen LogP contribution in [-0.4, -0.2) is 13.0 Å². The van der Waals surface area contributed by atoms with E-state index in [9.17, 15) is 4.79 Å². The summed E-state index contributed by atoms with van der Waals surface area (Å²) in [5, 5.41) is 3.13. The van der Waals surface area contributed by atoms with Crippen LogP contribution in [0.3, 0.4) is 0 Å². The lowest BCUT2D eigenvalue weighted by Crippen LogP contribution is -2.14. The van der Waals surface area contributed by atoms with Crippen molar-refractivity contribution in [3.8, 4) is 5.75 Å². The van der Waals surface area contributed by atoms with Crippen LogP contribution in [0.15, 0.2) is 34.8 Å². The number of hydrogen-bond acceptors (Lipinski definition) is 3. The Hall–Kier alpha value is -1.72. The molecule has 110 valence electrons. The van der Waals surface area contributed by atoms with Crippen LogP contribution in [0.2, 0.25) is 5.02 Å². The molecule has 0 aromatic heterocycles. The fourth-order valence-electron chi connectivity index (χ4n) is 1.93. The molecular formula is C15H14BrClN2O2. The average Bonchev–Trinajstić information content (AvgIpc) is 2.41. The smallest absolute Gasteiger partial charge is 0.257 e. The first-order valence-electron chi connectivity index (χ1n) is 6.13. The molecule has 0 unspecified atom stereocenters. The summed E-state index contributed by atoms with van der Waals surface area (Å²) in [6, 6.07) is 8.44. The van der Waals surface area contributed by atoms with Crippen molar-refractivity contribution in [2.75, 3.05) is 18.2 Å². The van der Waals surface area contributed by atoms with Gasteiger partial charge in [-0.2, -0.15) is 0 Å². The molecule has 0 saturated carbocycles. The highest BCUT2D eigenvalue weighted by atomic mass is 79.9. The Kier molecular flexibility index (Phi) is 4.75. The Bertz CT molecular complexity index is 704. The van der Waals surface area contributed by atoms with Gasteiger partial charge in [-0.3, -0.25) is 4.79 Å². The van der Waals surface area contributed by atoms with Gasteiger partial charge in [0.15, 0.2) is 0 Å². The summed E-state index contributed by atoms with van der Waals surface area (Å²) >= 11 is 9.44. The topological polar surface area (TPSA) is 64.3 Å². The van der Waals surface area contributed by atoms with Crippen molar-refractivity contribution in [3.05, 3.63) is 51.0 Å². The number of rotatable bonds is 3. The van der Waals surface area contributed by atoms with Crippen molar-refractivity contribution in [3.63, 3.8) is 0 Å². The number of anilines is 2. The molecule has 0 radical (unpaired) electrons. The van der Waals surface area contributed by atoms with Gasteiger partial charge < -0.3 is 15.8 Å². The average molecular weight is 370 g/mol. The molecule has 4 nitrogen and oxygen atoms in total. The molecule has 0 heterocycles. The van der Waals surface area contributed by atoms with Crippen molar-refractivity contribution in [1.29, 1.82) is 0 Å². The molecule has 3 N–H and O–H groups in total. The predicted molar refractivity (Wildman–Crippen MR) is 89.2 cm³/mol. The zero-order chi connectivity index (χ0) is 15.6. The second-order valence-corrected chi connectivity index (χ2v) is 5.82. The monoisotopic (exact) mass is 368 g/mol. The van der Waals surface area contributed by atoms with E-state index < -0.39 is 0 Å². The van der Waals surface area contributed by atoms with E-state index in [-0.39, 0.29) is 5.91 Å². The fraction of sp³-hybridized carbons (Fsp3) is 0.133. The van der Waals surface area contributed by atoms with Crippen molar-refractivity contribution >= 4 is 44.8 Å². The molecule has 2 aromatic carbocycles. The van der Waals surface area contributed by atoms with Gasteiger partial charge in [0.2, 0.25) is 0 Å². The fourth-order valence-corrected chi connectivity index (χ4v) is 2.76. The molecular weight excluding hydrogens is 356 g/mol. The number of carbonyl (C=O) groups excluding carboxylic acids is 1. The maximum atomic E-state index is 12.3. The van der Waals surface area contributed by atoms with Crippen LogP contribution < -0.4 is 15.8 Å². The summed E-state index contributed by atoms with van der Waals surface area (Å²) in [6.45, 7) is 1.88. The summed E-state index contributed by atoms with van der Waals surface area (Å²) < 4.78 is 6.17. The maximum absolute atomic E-state index is 12.3. The molecule has 2 rings (SSSR count). The first-order chi connectivity index (χ1) is 9.92. The van der Waals surface area contributed by atoms with Crippen LogP contribution in [0.5, 0.6) is 5.75 Å². The van der Waals surface area contributed by atoms with E-state index in [0.717, 1.165) is 10.0 Å². The Morgan fingerprint density at radius 2 is 2.05 bits per heavy atom. The molecule has 0 spiro atoms. The van der Waals surface area contributed by atoms with Crippen LogP contribution in [-0.2, 0) is 0 Å². The number of nitrogens with one attached hydrogen (secondary N) is 1. The number of hydrogen-bond donors (Lipinski definition) is 2. The lowest BCUT2D eigenvalue weighted by molar-refractivity contribution is 0.102. The largest absolute Gasteiger partial charge is 0.495 e. The minimum absolute atomic E-state index is 0.307. The summed E-state index contributed by atoms with van der Waals surface area (Å²) in [5.41, 5.74) is 7.98. The Morgan fingerprint density at radius 1 is 1.33 bits per heavy atom. The van der Waals surface area contributed by atoms with Crippen LogP contribution in [0.25, 0.3) is 0 Å². The number of aryl methyl sites for hydroxylation is 1. The molecule has 21 heavy (non-hydrogen) atoms. The van der Waals surface area contributed by atoms with Crippen LogP contribution in [0, 0.1) is 6.92 Å². The molecule has 0 bridgehead atoms. The number of methoxy groups -OCH3 is 1. The SMILES string of the molecule is COc1cc(Br)cc(C)c1NC(=O)c1ccc(N)cc1Cl. The number of amides is 1. The van der Waals surface area contributed by atoms with Gasteiger partial charge in [-0.05, 0) is 42.8 Å². The third-order valence-corrected chi connectivity index (χ3v) is 3.73. The Labute approximate surface area is 136 Å². The number of benzene rings is 2. The summed E-state index contributed by atoms with van der Waals surface area (Å²) in [6.07, 6.45) is 0. The third-order valence-electron chi connectivity index (χ3n) is 2.96. The second-order valence-electron chi connectivity index (χ2n) is 4.49. The third kappa shape index (κ3) is 3.49. The number of nitrogen functional groups attached to an aromatic ring is 1. The standard InChI is InChI=1S/C15H14BrClN2O2/c1-8-5-9(16)6-13(21-2)14(8)19-15(20)11-4-3-10(18)7-12(11)17/h3-7H,18H2,1-2H3,(H,19,20). The van der Waals surface area contributed by atoms with Crippen LogP contribution in [0.1, 0.15) is 15.9 Å². The zero-order valence-electron chi connectivity index (χ0n) is 11.5. The van der Waals surface area contributed by atoms with Crippen molar-refractivity contribution < 1.29 is 9.53 Å². The first-order valence-corrected chi connectivity index (χ1v) is 7.30. The molecule has 0 fully saturated rings. The maximum Gasteiger partial charge on any atom is 0.257 e. The van der Waals surface area contributed by atoms with E-state index in [0.29, 0.717) is 27.7 Å². The quantitative estimate of drug-likeness (QED) is 0.795. The molecule has 2 aromatic rings. The van der Waals surface area contributed by atoms with Crippen molar-refractivity contribution in [1.82, 2.24) is 0 Å². The molecule has 6 heteroatoms. The van der Waals surface area contributed by atoms with E-state index in [1.807, 2.05) is 13.0 Å². The first kappa shape index (κ1) is 15.7. The lowest BCUT2D eigenvalue weighted by Gasteiger charge is -2.14. The van der Waals surface area contributed by atoms with Crippen LogP contribution >= 0.6 is 27.5 Å². The Balaban J connectivity index is 2.36. The van der Waals surface area contributed by atoms with Gasteiger partial charge in [-0.25, -0.2) is 0 Å². The molecule has 1 amide bonds. The van der Waals surface area contributed by atoms with E-state index in [2.05, 4.69) is 21.2 Å². The van der Waals surface area contributed by atoms with Gasteiger partial charge >= 0.3 is 0 Å². The summed E-state index contributed by atoms with van der Waals surface area (Å²) in [4.78, 5) is 12.3. The van der Waals surface area contributed by atoms with Crippen molar-refractivity contribution in [2.24, 2.45) is 0 Å². The summed E-state index contributed by atoms with van der Waals surface area (Å²) in [7, 11) is 1.55. The number of nitrogens with two attached hydrogens (primary N) is 1. The summed E-state index contributed by atoms with van der Waals surface area (Å²) in [5.74, 6) is 0.255. The highest BCUT2D eigenvalue weighted by Crippen LogP contribution is 2.33. The van der Waals surface area contributed by atoms with Gasteiger partial charge in [-0.1, -0.05) is 27.5 Å². The van der Waals surface area contributed by atoms with E-state index in [1.165, 1.54) is 0 Å². The number of carbonyl (C=O) groups is 1. The second kappa shape index (κ2) is 6.37. The normalized spacial score (nSPS) is 10.3. The predicted octanol–water partition coefficient (Wildman–Crippen LogP) is 4.25. The molecule has 0 aliphatic rings. The van der Waals surface area contributed by atoms with Gasteiger partial charge in [0, 0.05) is 10.2 Å². The minimum atomic E-state index is -0.316. The van der Waals surface area contributed by atoms with E-state index in [4.69, 9.17) is 22.1 Å². The van der Waals surface area contributed by atoms with Gasteiger partial charge in [0.1, 0.15) is 5.75 Å². The molecule has 0 aliphatic heterocycles. The van der Waals surface area contributed by atoms with Gasteiger partial charge in [0.05, 0.1) is 23.4 Å². The lowest BCUT2D eigenvalue weighted by atomic mass is 10.1. The van der Waals surface area contributed by atoms with Gasteiger partial charge in [0.25, 0.3) is 5.91 Å². The highest BCUT2D eigenvalue weighted by Gasteiger charge is 2.15. The number of ether oxygens (including phenoxy) is 1. The number of halogens is 2. The van der Waals surface area contributed by atoms with Crippen LogP contribution in [0.4, 0.5) is 11.4 Å². The van der Waals surface area contributed by atoms with E-state index in [1.54, 1.807) is 31.4 Å².